The molecule has 0 saturated heterocycles. The average Bonchev–Trinajstić information content (AvgIpc) is 1.95. The molecule has 0 fully saturated rings. The minimum absolute atomic E-state index is 0.235. The highest BCUT2D eigenvalue weighted by Gasteiger charge is 1.97. The molecule has 1 aromatic carbocycles. The minimum atomic E-state index is 0.235. The topological polar surface area (TPSA) is 20.2 Å². The highest BCUT2D eigenvalue weighted by Crippen LogP contribution is 2.14. The monoisotopic (exact) mass is 262 g/mol. The summed E-state index contributed by atoms with van der Waals surface area (Å²) in [6, 6.07) is 6.28. The fourth-order valence-electron chi connectivity index (χ4n) is 0.976. The van der Waals surface area contributed by atoms with E-state index in [0.29, 0.717) is 0 Å². The Bertz CT molecular complexity index is 245. The number of halogens is 1. The van der Waals surface area contributed by atoms with Gasteiger partial charge in [-0.05, 0) is 47.6 Å². The summed E-state index contributed by atoms with van der Waals surface area (Å²) in [5, 5.41) is 8.71. The third-order valence-electron chi connectivity index (χ3n) is 1.59. The van der Waals surface area contributed by atoms with Crippen molar-refractivity contribution in [1.29, 1.82) is 0 Å². The molecule has 0 radical (unpaired) electrons. The second-order valence-corrected chi connectivity index (χ2v) is 3.73. The molecule has 0 amide bonds. The number of benzene rings is 1. The Balaban J connectivity index is 2.90. The van der Waals surface area contributed by atoms with E-state index in [1.165, 1.54) is 14.7 Å². The van der Waals surface area contributed by atoms with Crippen LogP contribution in [0, 0.1) is 10.5 Å². The number of aliphatic hydroxyl groups excluding tert-OH is 1. The first-order valence-corrected chi connectivity index (χ1v) is 4.68. The van der Waals surface area contributed by atoms with Crippen molar-refractivity contribution in [2.75, 3.05) is 6.61 Å². The molecular weight excluding hydrogens is 251 g/mol. The number of rotatable bonds is 2. The summed E-state index contributed by atoms with van der Waals surface area (Å²) in [5.41, 5.74) is 2.51. The Kier molecular flexibility index (Phi) is 3.33. The molecule has 0 aliphatic carbocycles. The molecule has 60 valence electrons. The lowest BCUT2D eigenvalue weighted by Crippen LogP contribution is -1.93. The highest BCUT2D eigenvalue weighted by atomic mass is 127. The smallest absolute Gasteiger partial charge is 0.0471 e. The van der Waals surface area contributed by atoms with E-state index < -0.39 is 0 Å². The number of hydrogen-bond donors (Lipinski definition) is 1. The summed E-state index contributed by atoms with van der Waals surface area (Å²) >= 11 is 2.30. The fraction of sp³-hybridized carbons (Fsp3) is 0.333. The lowest BCUT2D eigenvalue weighted by atomic mass is 10.1. The van der Waals surface area contributed by atoms with Gasteiger partial charge in [-0.1, -0.05) is 17.7 Å². The molecular formula is C9H11IO. The van der Waals surface area contributed by atoms with E-state index in [0.717, 1.165) is 6.42 Å². The van der Waals surface area contributed by atoms with Crippen molar-refractivity contribution in [1.82, 2.24) is 0 Å². The third-order valence-corrected chi connectivity index (χ3v) is 2.59. The van der Waals surface area contributed by atoms with Crippen molar-refractivity contribution in [2.45, 2.75) is 13.3 Å². The van der Waals surface area contributed by atoms with Gasteiger partial charge in [0, 0.05) is 10.2 Å². The first kappa shape index (κ1) is 9.00. The van der Waals surface area contributed by atoms with Crippen molar-refractivity contribution in [3.63, 3.8) is 0 Å². The molecule has 0 aliphatic rings. The van der Waals surface area contributed by atoms with Gasteiger partial charge in [0.2, 0.25) is 0 Å². The summed E-state index contributed by atoms with van der Waals surface area (Å²) < 4.78 is 1.25. The molecule has 0 atom stereocenters. The second kappa shape index (κ2) is 4.07. The van der Waals surface area contributed by atoms with Crippen molar-refractivity contribution < 1.29 is 5.11 Å². The van der Waals surface area contributed by atoms with Crippen LogP contribution in [-0.4, -0.2) is 11.7 Å². The van der Waals surface area contributed by atoms with E-state index in [1.807, 2.05) is 0 Å². The largest absolute Gasteiger partial charge is 0.396 e. The zero-order chi connectivity index (χ0) is 8.27. The zero-order valence-electron chi connectivity index (χ0n) is 6.47. The zero-order valence-corrected chi connectivity index (χ0v) is 8.63. The first-order valence-electron chi connectivity index (χ1n) is 3.60. The molecule has 0 unspecified atom stereocenters. The van der Waals surface area contributed by atoms with Crippen LogP contribution in [0.2, 0.25) is 0 Å². The van der Waals surface area contributed by atoms with Crippen LogP contribution in [-0.2, 0) is 6.42 Å². The van der Waals surface area contributed by atoms with Gasteiger partial charge in [-0.15, -0.1) is 0 Å². The van der Waals surface area contributed by atoms with E-state index in [9.17, 15) is 0 Å². The van der Waals surface area contributed by atoms with Crippen molar-refractivity contribution in [3.8, 4) is 0 Å². The van der Waals surface area contributed by atoms with Crippen molar-refractivity contribution >= 4 is 22.6 Å². The minimum Gasteiger partial charge on any atom is -0.396 e. The maximum absolute atomic E-state index is 8.71. The molecule has 0 aromatic heterocycles. The van der Waals surface area contributed by atoms with Crippen LogP contribution < -0.4 is 0 Å². The summed E-state index contributed by atoms with van der Waals surface area (Å²) in [6.45, 7) is 2.31. The normalized spacial score (nSPS) is 10.1. The van der Waals surface area contributed by atoms with Gasteiger partial charge in [0.05, 0.1) is 0 Å². The van der Waals surface area contributed by atoms with Crippen LogP contribution in [0.15, 0.2) is 18.2 Å². The van der Waals surface area contributed by atoms with Crippen molar-refractivity contribution in [2.24, 2.45) is 0 Å². The Morgan fingerprint density at radius 1 is 1.45 bits per heavy atom. The standard InChI is InChI=1S/C9H11IO/c1-7-2-3-8(4-5-11)9(10)6-7/h2-3,6,11H,4-5H2,1H3. The van der Waals surface area contributed by atoms with Gasteiger partial charge in [0.15, 0.2) is 0 Å². The lowest BCUT2D eigenvalue weighted by molar-refractivity contribution is 0.299. The van der Waals surface area contributed by atoms with Gasteiger partial charge in [0.1, 0.15) is 0 Å². The molecule has 0 aliphatic heterocycles. The van der Waals surface area contributed by atoms with Crippen LogP contribution >= 0.6 is 22.6 Å². The summed E-state index contributed by atoms with van der Waals surface area (Å²) in [6.07, 6.45) is 0.762. The Morgan fingerprint density at radius 3 is 2.73 bits per heavy atom. The van der Waals surface area contributed by atoms with E-state index in [-0.39, 0.29) is 6.61 Å². The molecule has 1 aromatic rings. The molecule has 1 rings (SSSR count). The molecule has 11 heavy (non-hydrogen) atoms. The molecule has 2 heteroatoms. The molecule has 1 nitrogen and oxygen atoms in total. The van der Waals surface area contributed by atoms with E-state index >= 15 is 0 Å². The van der Waals surface area contributed by atoms with Gasteiger partial charge in [-0.25, -0.2) is 0 Å². The first-order chi connectivity index (χ1) is 5.24. The Hall–Kier alpha value is -0.0900. The maximum Gasteiger partial charge on any atom is 0.0471 e. The van der Waals surface area contributed by atoms with Gasteiger partial charge in [0.25, 0.3) is 0 Å². The summed E-state index contributed by atoms with van der Waals surface area (Å²) in [7, 11) is 0. The summed E-state index contributed by atoms with van der Waals surface area (Å²) in [4.78, 5) is 0. The van der Waals surface area contributed by atoms with Crippen molar-refractivity contribution in [3.05, 3.63) is 32.9 Å². The maximum atomic E-state index is 8.71. The number of aryl methyl sites for hydroxylation is 1. The van der Waals surface area contributed by atoms with Crippen LogP contribution in [0.1, 0.15) is 11.1 Å². The molecule has 1 N–H and O–H groups in total. The van der Waals surface area contributed by atoms with Gasteiger partial charge in [-0.3, -0.25) is 0 Å². The molecule has 0 spiro atoms. The number of hydrogen-bond acceptors (Lipinski definition) is 1. The van der Waals surface area contributed by atoms with E-state index in [1.54, 1.807) is 0 Å². The quantitative estimate of drug-likeness (QED) is 0.809. The molecule has 0 saturated carbocycles. The van der Waals surface area contributed by atoms with Crippen LogP contribution in [0.5, 0.6) is 0 Å². The SMILES string of the molecule is Cc1ccc(CCO)c(I)c1. The Morgan fingerprint density at radius 2 is 2.18 bits per heavy atom. The van der Waals surface area contributed by atoms with Crippen LogP contribution in [0.25, 0.3) is 0 Å². The van der Waals surface area contributed by atoms with E-state index in [4.69, 9.17) is 5.11 Å². The van der Waals surface area contributed by atoms with Gasteiger partial charge >= 0.3 is 0 Å². The Labute approximate surface area is 80.6 Å². The fourth-order valence-corrected chi connectivity index (χ4v) is 1.92. The van der Waals surface area contributed by atoms with Crippen LogP contribution in [0.4, 0.5) is 0 Å². The molecule has 0 bridgehead atoms. The van der Waals surface area contributed by atoms with Gasteiger partial charge in [-0.2, -0.15) is 0 Å². The number of aliphatic hydroxyl groups is 1. The third kappa shape index (κ3) is 2.45. The highest BCUT2D eigenvalue weighted by molar-refractivity contribution is 14.1. The van der Waals surface area contributed by atoms with Crippen LogP contribution in [0.3, 0.4) is 0 Å². The second-order valence-electron chi connectivity index (χ2n) is 2.57. The molecule has 0 heterocycles. The van der Waals surface area contributed by atoms with E-state index in [2.05, 4.69) is 47.7 Å². The average molecular weight is 262 g/mol. The predicted molar refractivity (Wildman–Crippen MR) is 54.7 cm³/mol. The summed E-state index contributed by atoms with van der Waals surface area (Å²) in [5.74, 6) is 0. The lowest BCUT2D eigenvalue weighted by Gasteiger charge is -2.02. The van der Waals surface area contributed by atoms with Gasteiger partial charge < -0.3 is 5.11 Å². The predicted octanol–water partition coefficient (Wildman–Crippen LogP) is 2.13.